The highest BCUT2D eigenvalue weighted by molar-refractivity contribution is 5.75. The van der Waals surface area contributed by atoms with Crippen LogP contribution in [0.4, 0.5) is 4.79 Å². The fourth-order valence-electron chi connectivity index (χ4n) is 1.51. The molecule has 0 aliphatic carbocycles. The van der Waals surface area contributed by atoms with Crippen molar-refractivity contribution in [3.8, 4) is 0 Å². The molecule has 2 atom stereocenters. The third-order valence-corrected chi connectivity index (χ3v) is 2.16. The second-order valence-electron chi connectivity index (χ2n) is 5.04. The monoisotopic (exact) mass is 261 g/mol. The lowest BCUT2D eigenvalue weighted by atomic mass is 10.1. The van der Waals surface area contributed by atoms with Gasteiger partial charge in [-0.1, -0.05) is 13.3 Å². The molecule has 0 heterocycles. The van der Waals surface area contributed by atoms with Crippen LogP contribution in [-0.4, -0.2) is 42.0 Å². The molecule has 0 aromatic carbocycles. The van der Waals surface area contributed by atoms with Gasteiger partial charge in [-0.3, -0.25) is 0 Å². The van der Waals surface area contributed by atoms with Crippen LogP contribution in [0.15, 0.2) is 0 Å². The number of nitrogens with one attached hydrogen (secondary N) is 1. The number of rotatable bonds is 6. The van der Waals surface area contributed by atoms with Crippen LogP contribution >= 0.6 is 0 Å². The van der Waals surface area contributed by atoms with Crippen LogP contribution in [0.2, 0.25) is 0 Å². The van der Waals surface area contributed by atoms with Gasteiger partial charge in [-0.15, -0.1) is 0 Å². The van der Waals surface area contributed by atoms with E-state index in [0.29, 0.717) is 6.42 Å². The van der Waals surface area contributed by atoms with Crippen molar-refractivity contribution in [3.05, 3.63) is 0 Å². The van der Waals surface area contributed by atoms with Gasteiger partial charge in [0.2, 0.25) is 0 Å². The maximum atomic E-state index is 11.6. The Morgan fingerprint density at radius 1 is 1.33 bits per heavy atom. The summed E-state index contributed by atoms with van der Waals surface area (Å²) >= 11 is 0. The Kier molecular flexibility index (Phi) is 6.68. The number of methoxy groups -OCH3 is 1. The van der Waals surface area contributed by atoms with Gasteiger partial charge >= 0.3 is 12.1 Å². The van der Waals surface area contributed by atoms with Crippen LogP contribution in [0.3, 0.4) is 0 Å². The van der Waals surface area contributed by atoms with Crippen molar-refractivity contribution in [1.82, 2.24) is 5.32 Å². The SMILES string of the molecule is CCCC(NC(=O)OC(C)(C)C)C(OC)C(=O)O. The molecule has 0 saturated heterocycles. The number of ether oxygens (including phenoxy) is 2. The lowest BCUT2D eigenvalue weighted by Gasteiger charge is -2.26. The summed E-state index contributed by atoms with van der Waals surface area (Å²) in [6, 6.07) is -0.604. The summed E-state index contributed by atoms with van der Waals surface area (Å²) in [5.41, 5.74) is -0.618. The summed E-state index contributed by atoms with van der Waals surface area (Å²) < 4.78 is 9.98. The highest BCUT2D eigenvalue weighted by Gasteiger charge is 2.30. The summed E-state index contributed by atoms with van der Waals surface area (Å²) in [7, 11) is 1.30. The van der Waals surface area contributed by atoms with Crippen molar-refractivity contribution in [2.75, 3.05) is 7.11 Å². The van der Waals surface area contributed by atoms with E-state index in [2.05, 4.69) is 5.32 Å². The van der Waals surface area contributed by atoms with E-state index in [0.717, 1.165) is 6.42 Å². The summed E-state index contributed by atoms with van der Waals surface area (Å²) in [6.07, 6.45) is -0.473. The fourth-order valence-corrected chi connectivity index (χ4v) is 1.51. The van der Waals surface area contributed by atoms with E-state index in [4.69, 9.17) is 14.6 Å². The molecular formula is C12H23NO5. The number of aliphatic carboxylic acids is 1. The molecule has 106 valence electrons. The predicted octanol–water partition coefficient (Wildman–Crippen LogP) is 1.78. The molecular weight excluding hydrogens is 238 g/mol. The Morgan fingerprint density at radius 2 is 1.89 bits per heavy atom. The van der Waals surface area contributed by atoms with E-state index < -0.39 is 29.8 Å². The summed E-state index contributed by atoms with van der Waals surface area (Å²) in [6.45, 7) is 7.13. The quantitative estimate of drug-likeness (QED) is 0.761. The van der Waals surface area contributed by atoms with Crippen LogP contribution in [-0.2, 0) is 14.3 Å². The van der Waals surface area contributed by atoms with Crippen molar-refractivity contribution in [1.29, 1.82) is 0 Å². The van der Waals surface area contributed by atoms with E-state index in [9.17, 15) is 9.59 Å². The molecule has 2 N–H and O–H groups in total. The van der Waals surface area contributed by atoms with Crippen LogP contribution in [0, 0.1) is 0 Å². The van der Waals surface area contributed by atoms with Crippen molar-refractivity contribution >= 4 is 12.1 Å². The third kappa shape index (κ3) is 6.44. The normalized spacial score (nSPS) is 14.7. The molecule has 0 fully saturated rings. The lowest BCUT2D eigenvalue weighted by molar-refractivity contribution is -0.150. The molecule has 0 aliphatic heterocycles. The number of carboxylic acid groups (broad SMARTS) is 1. The van der Waals surface area contributed by atoms with Crippen LogP contribution < -0.4 is 5.32 Å². The standard InChI is InChI=1S/C12H23NO5/c1-6-7-8(9(17-5)10(14)15)13-11(16)18-12(2,3)4/h8-9H,6-7H2,1-5H3,(H,13,16)(H,14,15). The van der Waals surface area contributed by atoms with Gasteiger partial charge in [-0.25, -0.2) is 9.59 Å². The first kappa shape index (κ1) is 16.7. The van der Waals surface area contributed by atoms with E-state index in [1.807, 2.05) is 6.92 Å². The minimum absolute atomic E-state index is 0.504. The van der Waals surface area contributed by atoms with E-state index in [-0.39, 0.29) is 0 Å². The first-order valence-corrected chi connectivity index (χ1v) is 5.96. The van der Waals surface area contributed by atoms with Crippen molar-refractivity contribution < 1.29 is 24.2 Å². The average Bonchev–Trinajstić information content (AvgIpc) is 2.14. The largest absolute Gasteiger partial charge is 0.479 e. The van der Waals surface area contributed by atoms with Gasteiger partial charge in [0.15, 0.2) is 6.10 Å². The molecule has 1 amide bonds. The number of hydrogen-bond acceptors (Lipinski definition) is 4. The molecule has 0 radical (unpaired) electrons. The maximum Gasteiger partial charge on any atom is 0.407 e. The highest BCUT2D eigenvalue weighted by atomic mass is 16.6. The van der Waals surface area contributed by atoms with Gasteiger partial charge in [0.05, 0.1) is 6.04 Å². The van der Waals surface area contributed by atoms with Crippen molar-refractivity contribution in [3.63, 3.8) is 0 Å². The average molecular weight is 261 g/mol. The summed E-state index contributed by atoms with van der Waals surface area (Å²) in [4.78, 5) is 22.6. The molecule has 0 saturated carbocycles. The zero-order chi connectivity index (χ0) is 14.3. The Labute approximate surface area is 108 Å². The third-order valence-electron chi connectivity index (χ3n) is 2.16. The minimum atomic E-state index is -1.10. The van der Waals surface area contributed by atoms with Crippen LogP contribution in [0.5, 0.6) is 0 Å². The van der Waals surface area contributed by atoms with Crippen LogP contribution in [0.1, 0.15) is 40.5 Å². The van der Waals surface area contributed by atoms with Gasteiger partial charge in [-0.05, 0) is 27.2 Å². The second kappa shape index (κ2) is 7.20. The van der Waals surface area contributed by atoms with Gasteiger partial charge < -0.3 is 19.9 Å². The molecule has 0 bridgehead atoms. The number of carboxylic acids is 1. The number of carbonyl (C=O) groups is 2. The Bertz CT molecular complexity index is 285. The maximum absolute atomic E-state index is 11.6. The Morgan fingerprint density at radius 3 is 2.22 bits per heavy atom. The summed E-state index contributed by atoms with van der Waals surface area (Å²) in [5, 5.41) is 11.5. The number of hydrogen-bond donors (Lipinski definition) is 2. The van der Waals surface area contributed by atoms with Crippen LogP contribution in [0.25, 0.3) is 0 Å². The molecule has 18 heavy (non-hydrogen) atoms. The lowest BCUT2D eigenvalue weighted by Crippen LogP contribution is -2.49. The smallest absolute Gasteiger partial charge is 0.407 e. The van der Waals surface area contributed by atoms with E-state index >= 15 is 0 Å². The molecule has 0 spiro atoms. The topological polar surface area (TPSA) is 84.9 Å². The van der Waals surface area contributed by atoms with Gasteiger partial charge in [-0.2, -0.15) is 0 Å². The molecule has 0 aromatic rings. The summed E-state index contributed by atoms with van der Waals surface area (Å²) in [5.74, 6) is -1.10. The van der Waals surface area contributed by atoms with E-state index in [1.165, 1.54) is 7.11 Å². The molecule has 0 rings (SSSR count). The minimum Gasteiger partial charge on any atom is -0.479 e. The van der Waals surface area contributed by atoms with Gasteiger partial charge in [0, 0.05) is 7.11 Å². The van der Waals surface area contributed by atoms with Crippen molar-refractivity contribution in [2.45, 2.75) is 58.3 Å². The van der Waals surface area contributed by atoms with Gasteiger partial charge in [0.25, 0.3) is 0 Å². The number of carbonyl (C=O) groups excluding carboxylic acids is 1. The van der Waals surface area contributed by atoms with Gasteiger partial charge in [0.1, 0.15) is 5.60 Å². The number of alkyl carbamates (subject to hydrolysis) is 1. The molecule has 6 nitrogen and oxygen atoms in total. The predicted molar refractivity (Wildman–Crippen MR) is 66.5 cm³/mol. The van der Waals surface area contributed by atoms with E-state index in [1.54, 1.807) is 20.8 Å². The molecule has 6 heteroatoms. The zero-order valence-corrected chi connectivity index (χ0v) is 11.6. The number of amides is 1. The first-order valence-electron chi connectivity index (χ1n) is 5.96. The first-order chi connectivity index (χ1) is 8.21. The Hall–Kier alpha value is -1.30. The second-order valence-corrected chi connectivity index (χ2v) is 5.04. The molecule has 2 unspecified atom stereocenters. The molecule has 0 aliphatic rings. The van der Waals surface area contributed by atoms with Crippen molar-refractivity contribution in [2.24, 2.45) is 0 Å². The molecule has 0 aromatic heterocycles. The fraction of sp³-hybridized carbons (Fsp3) is 0.833. The zero-order valence-electron chi connectivity index (χ0n) is 11.6. The highest BCUT2D eigenvalue weighted by Crippen LogP contribution is 2.10. The Balaban J connectivity index is 4.61.